The van der Waals surface area contributed by atoms with E-state index in [4.69, 9.17) is 15.9 Å². The molecule has 1 fully saturated rings. The number of aryl methyl sites for hydroxylation is 1. The summed E-state index contributed by atoms with van der Waals surface area (Å²) in [5.41, 5.74) is 7.21. The van der Waals surface area contributed by atoms with Crippen LogP contribution in [0.5, 0.6) is 5.88 Å². The summed E-state index contributed by atoms with van der Waals surface area (Å²) < 4.78 is 6.04. The van der Waals surface area contributed by atoms with Gasteiger partial charge in [-0.2, -0.15) is 0 Å². The molecule has 0 aromatic carbocycles. The Morgan fingerprint density at radius 1 is 1.32 bits per heavy atom. The highest BCUT2D eigenvalue weighted by Crippen LogP contribution is 2.32. The van der Waals surface area contributed by atoms with Crippen molar-refractivity contribution in [2.24, 2.45) is 17.6 Å². The number of hydrogen-bond acceptors (Lipinski definition) is 3. The zero-order valence-corrected chi connectivity index (χ0v) is 11.9. The van der Waals surface area contributed by atoms with Crippen molar-refractivity contribution in [1.82, 2.24) is 4.98 Å². The second kappa shape index (κ2) is 5.59. The minimum atomic E-state index is 0.0255. The average molecular weight is 261 g/mol. The maximum Gasteiger partial charge on any atom is 0.225 e. The first-order valence-corrected chi connectivity index (χ1v) is 6.94. The lowest BCUT2D eigenvalue weighted by molar-refractivity contribution is 0.0964. The highest BCUT2D eigenvalue weighted by molar-refractivity contribution is 5.98. The molecule has 1 saturated carbocycles. The number of aromatic nitrogens is 1. The molecule has 1 aliphatic carbocycles. The van der Waals surface area contributed by atoms with E-state index in [-0.39, 0.29) is 11.9 Å². The quantitative estimate of drug-likeness (QED) is 0.649. The summed E-state index contributed by atoms with van der Waals surface area (Å²) in [5.74, 6) is 1.90. The number of rotatable bonds is 3. The number of nitrogens with one attached hydrogen (secondary N) is 1. The highest BCUT2D eigenvalue weighted by atomic mass is 16.5. The van der Waals surface area contributed by atoms with Gasteiger partial charge in [0.2, 0.25) is 5.88 Å². The van der Waals surface area contributed by atoms with E-state index in [1.807, 2.05) is 13.0 Å². The number of pyridine rings is 1. The van der Waals surface area contributed by atoms with Gasteiger partial charge in [0, 0.05) is 6.20 Å². The second-order valence-electron chi connectivity index (χ2n) is 5.88. The predicted molar refractivity (Wildman–Crippen MR) is 76.6 cm³/mol. The van der Waals surface area contributed by atoms with Crippen LogP contribution >= 0.6 is 0 Å². The maximum atomic E-state index is 7.67. The number of ether oxygens (including phenoxy) is 1. The number of hydrogen-bond donors (Lipinski definition) is 2. The number of nitrogen functional groups attached to an aromatic ring is 1. The van der Waals surface area contributed by atoms with Gasteiger partial charge in [-0.1, -0.05) is 13.8 Å². The Hall–Kier alpha value is -1.58. The molecule has 2 rings (SSSR count). The van der Waals surface area contributed by atoms with Crippen LogP contribution in [0.25, 0.3) is 0 Å². The molecule has 0 bridgehead atoms. The minimum absolute atomic E-state index is 0.0255. The van der Waals surface area contributed by atoms with Crippen LogP contribution in [-0.2, 0) is 0 Å². The fourth-order valence-corrected chi connectivity index (χ4v) is 3.08. The number of nitrogens with zero attached hydrogens (tertiary/aromatic N) is 1. The summed E-state index contributed by atoms with van der Waals surface area (Å²) in [5, 5.41) is 7.67. The van der Waals surface area contributed by atoms with E-state index in [2.05, 4.69) is 18.8 Å². The Labute approximate surface area is 114 Å². The van der Waals surface area contributed by atoms with E-state index in [1.54, 1.807) is 6.20 Å². The third-order valence-corrected chi connectivity index (χ3v) is 3.81. The van der Waals surface area contributed by atoms with Crippen LogP contribution in [0.1, 0.15) is 44.2 Å². The lowest BCUT2D eigenvalue weighted by Gasteiger charge is -2.31. The first-order chi connectivity index (χ1) is 8.97. The standard InChI is InChI=1S/C15H23N3O/c1-9-6-10(2)8-12(7-9)19-15-13(14(16)17)11(3)4-5-18-15/h4-5,9-10,12H,6-8H2,1-3H3,(H3,16,17). The van der Waals surface area contributed by atoms with Crippen molar-refractivity contribution in [2.45, 2.75) is 46.1 Å². The molecule has 1 heterocycles. The first kappa shape index (κ1) is 13.8. The van der Waals surface area contributed by atoms with Gasteiger partial charge in [-0.05, 0) is 49.7 Å². The van der Waals surface area contributed by atoms with Crippen molar-refractivity contribution in [3.05, 3.63) is 23.4 Å². The smallest absolute Gasteiger partial charge is 0.225 e. The van der Waals surface area contributed by atoms with Crippen LogP contribution in [0.15, 0.2) is 12.3 Å². The number of nitrogens with two attached hydrogens (primary N) is 1. The van der Waals surface area contributed by atoms with Gasteiger partial charge in [-0.15, -0.1) is 0 Å². The lowest BCUT2D eigenvalue weighted by atomic mass is 9.82. The predicted octanol–water partition coefficient (Wildman–Crippen LogP) is 2.88. The Morgan fingerprint density at radius 3 is 2.53 bits per heavy atom. The van der Waals surface area contributed by atoms with Crippen molar-refractivity contribution < 1.29 is 4.74 Å². The van der Waals surface area contributed by atoms with Crippen LogP contribution in [0.2, 0.25) is 0 Å². The van der Waals surface area contributed by atoms with Crippen LogP contribution in [-0.4, -0.2) is 16.9 Å². The summed E-state index contributed by atoms with van der Waals surface area (Å²) in [6, 6.07) is 1.86. The average Bonchev–Trinajstić information content (AvgIpc) is 2.26. The molecular weight excluding hydrogens is 238 g/mol. The molecule has 1 aromatic heterocycles. The minimum Gasteiger partial charge on any atom is -0.474 e. The van der Waals surface area contributed by atoms with Crippen LogP contribution in [0.3, 0.4) is 0 Å². The van der Waals surface area contributed by atoms with Gasteiger partial charge in [-0.25, -0.2) is 4.98 Å². The Bertz CT molecular complexity index is 462. The summed E-state index contributed by atoms with van der Waals surface area (Å²) in [4.78, 5) is 4.26. The maximum absolute atomic E-state index is 7.67. The SMILES string of the molecule is Cc1ccnc(OC2CC(C)CC(C)C2)c1C(=N)N. The van der Waals surface area contributed by atoms with Gasteiger partial charge in [0.1, 0.15) is 11.9 Å². The van der Waals surface area contributed by atoms with Crippen molar-refractivity contribution in [1.29, 1.82) is 5.41 Å². The van der Waals surface area contributed by atoms with Gasteiger partial charge in [0.05, 0.1) is 5.56 Å². The molecule has 0 spiro atoms. The molecule has 104 valence electrons. The van der Waals surface area contributed by atoms with Crippen molar-refractivity contribution >= 4 is 5.84 Å². The van der Waals surface area contributed by atoms with Crippen molar-refractivity contribution in [3.63, 3.8) is 0 Å². The largest absolute Gasteiger partial charge is 0.474 e. The Kier molecular flexibility index (Phi) is 4.08. The third kappa shape index (κ3) is 3.25. The van der Waals surface area contributed by atoms with E-state index in [0.717, 1.165) is 18.4 Å². The van der Waals surface area contributed by atoms with E-state index in [9.17, 15) is 0 Å². The highest BCUT2D eigenvalue weighted by Gasteiger charge is 2.26. The van der Waals surface area contributed by atoms with E-state index in [0.29, 0.717) is 23.3 Å². The topological polar surface area (TPSA) is 72.0 Å². The first-order valence-electron chi connectivity index (χ1n) is 6.94. The molecule has 1 aromatic rings. The third-order valence-electron chi connectivity index (χ3n) is 3.81. The molecular formula is C15H23N3O. The summed E-state index contributed by atoms with van der Waals surface area (Å²) in [7, 11) is 0. The van der Waals surface area contributed by atoms with E-state index >= 15 is 0 Å². The fourth-order valence-electron chi connectivity index (χ4n) is 3.08. The van der Waals surface area contributed by atoms with Crippen LogP contribution in [0, 0.1) is 24.2 Å². The fraction of sp³-hybridized carbons (Fsp3) is 0.600. The molecule has 4 nitrogen and oxygen atoms in total. The van der Waals surface area contributed by atoms with Crippen molar-refractivity contribution in [3.8, 4) is 5.88 Å². The molecule has 2 atom stereocenters. The molecule has 0 saturated heterocycles. The van der Waals surface area contributed by atoms with Gasteiger partial charge >= 0.3 is 0 Å². The molecule has 2 unspecified atom stereocenters. The monoisotopic (exact) mass is 261 g/mol. The van der Waals surface area contributed by atoms with Gasteiger partial charge in [-0.3, -0.25) is 5.41 Å². The Morgan fingerprint density at radius 2 is 1.95 bits per heavy atom. The van der Waals surface area contributed by atoms with Gasteiger partial charge in [0.15, 0.2) is 0 Å². The molecule has 1 aliphatic rings. The van der Waals surface area contributed by atoms with Crippen LogP contribution < -0.4 is 10.5 Å². The summed E-state index contributed by atoms with van der Waals surface area (Å²) in [6.07, 6.45) is 5.27. The molecule has 19 heavy (non-hydrogen) atoms. The van der Waals surface area contributed by atoms with Crippen LogP contribution in [0.4, 0.5) is 0 Å². The molecule has 0 aliphatic heterocycles. The van der Waals surface area contributed by atoms with Gasteiger partial charge in [0.25, 0.3) is 0 Å². The zero-order chi connectivity index (χ0) is 14.0. The van der Waals surface area contributed by atoms with Gasteiger partial charge < -0.3 is 10.5 Å². The van der Waals surface area contributed by atoms with E-state index < -0.39 is 0 Å². The zero-order valence-electron chi connectivity index (χ0n) is 11.9. The van der Waals surface area contributed by atoms with E-state index in [1.165, 1.54) is 6.42 Å². The lowest BCUT2D eigenvalue weighted by Crippen LogP contribution is -2.29. The molecule has 0 amide bonds. The summed E-state index contributed by atoms with van der Waals surface area (Å²) in [6.45, 7) is 6.46. The molecule has 0 radical (unpaired) electrons. The van der Waals surface area contributed by atoms with Crippen molar-refractivity contribution in [2.75, 3.05) is 0 Å². The Balaban J connectivity index is 2.19. The molecule has 3 N–H and O–H groups in total. The second-order valence-corrected chi connectivity index (χ2v) is 5.88. The normalized spacial score (nSPS) is 27.0. The summed E-state index contributed by atoms with van der Waals surface area (Å²) >= 11 is 0. The molecule has 4 heteroatoms. The number of amidine groups is 1.